The fraction of sp³-hybridized carbons (Fsp3) is 0.286. The highest BCUT2D eigenvalue weighted by Gasteiger charge is 2.26. The van der Waals surface area contributed by atoms with E-state index >= 15 is 0 Å². The molecule has 0 aliphatic carbocycles. The molecule has 26 heavy (non-hydrogen) atoms. The van der Waals surface area contributed by atoms with E-state index < -0.39 is 29.9 Å². The monoisotopic (exact) mass is 354 g/mol. The first-order chi connectivity index (χ1) is 12.3. The van der Waals surface area contributed by atoms with Gasteiger partial charge in [0.05, 0.1) is 11.8 Å². The van der Waals surface area contributed by atoms with Gasteiger partial charge in [0.25, 0.3) is 0 Å². The van der Waals surface area contributed by atoms with Crippen molar-refractivity contribution in [2.24, 2.45) is 5.92 Å². The van der Waals surface area contributed by atoms with E-state index in [1.165, 1.54) is 6.92 Å². The fourth-order valence-electron chi connectivity index (χ4n) is 2.43. The molecule has 2 aromatic rings. The van der Waals surface area contributed by atoms with Crippen molar-refractivity contribution in [2.75, 3.05) is 0 Å². The molecule has 5 nitrogen and oxygen atoms in total. The van der Waals surface area contributed by atoms with Crippen LogP contribution in [0.4, 0.5) is 0 Å². The maximum absolute atomic E-state index is 12.6. The Hall–Kier alpha value is -2.95. The maximum Gasteiger partial charge on any atom is 0.313 e. The zero-order valence-corrected chi connectivity index (χ0v) is 15.0. The van der Waals surface area contributed by atoms with Gasteiger partial charge in [-0.1, -0.05) is 48.5 Å². The number of hydrogen-bond acceptors (Lipinski definition) is 4. The minimum absolute atomic E-state index is 0.124. The van der Waals surface area contributed by atoms with E-state index in [1.807, 2.05) is 6.07 Å². The van der Waals surface area contributed by atoms with Crippen LogP contribution in [0.25, 0.3) is 0 Å². The number of ether oxygens (including phenoxy) is 1. The summed E-state index contributed by atoms with van der Waals surface area (Å²) in [6, 6.07) is 15.7. The zero-order valence-electron chi connectivity index (χ0n) is 15.0. The molecular weight excluding hydrogens is 332 g/mol. The molecule has 3 atom stereocenters. The van der Waals surface area contributed by atoms with Gasteiger partial charge >= 0.3 is 11.9 Å². The summed E-state index contributed by atoms with van der Waals surface area (Å²) in [5.41, 5.74) is 1.70. The van der Waals surface area contributed by atoms with Crippen LogP contribution in [0.2, 0.25) is 0 Å². The normalized spacial score (nSPS) is 14.1. The number of aliphatic carboxylic acids is 1. The summed E-state index contributed by atoms with van der Waals surface area (Å²) in [4.78, 5) is 35.9. The Morgan fingerprint density at radius 2 is 1.50 bits per heavy atom. The molecule has 1 N–H and O–H groups in total. The molecule has 0 amide bonds. The van der Waals surface area contributed by atoms with E-state index in [0.717, 1.165) is 0 Å². The van der Waals surface area contributed by atoms with Gasteiger partial charge in [-0.15, -0.1) is 0 Å². The molecule has 5 heteroatoms. The van der Waals surface area contributed by atoms with Gasteiger partial charge in [-0.25, -0.2) is 0 Å². The number of carboxylic acid groups (broad SMARTS) is 1. The van der Waals surface area contributed by atoms with Crippen molar-refractivity contribution in [3.05, 3.63) is 71.3 Å². The van der Waals surface area contributed by atoms with Crippen LogP contribution >= 0.6 is 0 Å². The van der Waals surface area contributed by atoms with Crippen LogP contribution in [0.5, 0.6) is 0 Å². The van der Waals surface area contributed by atoms with Crippen LogP contribution < -0.4 is 0 Å². The standard InChI is InChI=1S/C21H22O5/c1-13(20(23)24)15(3)26-21(25)14(2)17-10-7-11-18(12-17)19(22)16-8-5-4-6-9-16/h4-15H,1-3H3,(H,23,24)/t13-,14+,15+/m0/s1. The Balaban J connectivity index is 2.15. The molecule has 136 valence electrons. The summed E-state index contributed by atoms with van der Waals surface area (Å²) < 4.78 is 5.27. The summed E-state index contributed by atoms with van der Waals surface area (Å²) in [5.74, 6) is -3.07. The summed E-state index contributed by atoms with van der Waals surface area (Å²) in [6.45, 7) is 4.72. The molecule has 2 aromatic carbocycles. The third-order valence-electron chi connectivity index (χ3n) is 4.43. The number of carboxylic acids is 1. The van der Waals surface area contributed by atoms with Crippen LogP contribution in [0.15, 0.2) is 54.6 Å². The van der Waals surface area contributed by atoms with E-state index in [-0.39, 0.29) is 5.78 Å². The summed E-state index contributed by atoms with van der Waals surface area (Å²) in [5, 5.41) is 9.00. The van der Waals surface area contributed by atoms with Crippen LogP contribution in [0.3, 0.4) is 0 Å². The minimum atomic E-state index is -1.02. The molecular formula is C21H22O5. The molecule has 0 saturated carbocycles. The molecule has 0 bridgehead atoms. The van der Waals surface area contributed by atoms with Crippen LogP contribution in [0.1, 0.15) is 48.2 Å². The van der Waals surface area contributed by atoms with E-state index in [4.69, 9.17) is 9.84 Å². The largest absolute Gasteiger partial charge is 0.481 e. The summed E-state index contributed by atoms with van der Waals surface area (Å²) >= 11 is 0. The molecule has 0 heterocycles. The van der Waals surface area contributed by atoms with Gasteiger partial charge in [-0.3, -0.25) is 14.4 Å². The quantitative estimate of drug-likeness (QED) is 0.606. The van der Waals surface area contributed by atoms with Gasteiger partial charge in [0.2, 0.25) is 0 Å². The van der Waals surface area contributed by atoms with E-state index in [2.05, 4.69) is 0 Å². The van der Waals surface area contributed by atoms with E-state index in [9.17, 15) is 14.4 Å². The predicted molar refractivity (Wildman–Crippen MR) is 97.1 cm³/mol. The van der Waals surface area contributed by atoms with Gasteiger partial charge < -0.3 is 9.84 Å². The predicted octanol–water partition coefficient (Wildman–Crippen LogP) is 3.67. The molecule has 0 aliphatic rings. The van der Waals surface area contributed by atoms with Crippen molar-refractivity contribution in [2.45, 2.75) is 32.8 Å². The molecule has 0 radical (unpaired) electrons. The number of carbonyl (C=O) groups is 3. The van der Waals surface area contributed by atoms with Crippen LogP contribution in [-0.4, -0.2) is 28.9 Å². The third-order valence-corrected chi connectivity index (χ3v) is 4.43. The van der Waals surface area contributed by atoms with Crippen molar-refractivity contribution in [3.8, 4) is 0 Å². The number of ketones is 1. The molecule has 0 spiro atoms. The second-order valence-electron chi connectivity index (χ2n) is 6.31. The highest BCUT2D eigenvalue weighted by molar-refractivity contribution is 6.09. The fourth-order valence-corrected chi connectivity index (χ4v) is 2.43. The van der Waals surface area contributed by atoms with Gasteiger partial charge in [-0.2, -0.15) is 0 Å². The van der Waals surface area contributed by atoms with Gasteiger partial charge in [0.1, 0.15) is 6.10 Å². The molecule has 2 rings (SSSR count). The lowest BCUT2D eigenvalue weighted by molar-refractivity contribution is -0.157. The molecule has 0 saturated heterocycles. The molecule has 0 fully saturated rings. The maximum atomic E-state index is 12.6. The number of rotatable bonds is 7. The van der Waals surface area contributed by atoms with E-state index in [0.29, 0.717) is 16.7 Å². The second kappa shape index (κ2) is 8.43. The average molecular weight is 354 g/mol. The third kappa shape index (κ3) is 4.57. The lowest BCUT2D eigenvalue weighted by Gasteiger charge is -2.20. The van der Waals surface area contributed by atoms with Crippen molar-refractivity contribution in [1.82, 2.24) is 0 Å². The Morgan fingerprint density at radius 1 is 0.885 bits per heavy atom. The Kier molecular flexibility index (Phi) is 6.28. The van der Waals surface area contributed by atoms with Gasteiger partial charge in [0, 0.05) is 11.1 Å². The molecule has 0 unspecified atom stereocenters. The molecule has 0 aromatic heterocycles. The SMILES string of the molecule is C[C@H](C(=O)O)[C@@H](C)OC(=O)[C@H](C)c1cccc(C(=O)c2ccccc2)c1. The topological polar surface area (TPSA) is 80.7 Å². The zero-order chi connectivity index (χ0) is 19.3. The number of hydrogen-bond donors (Lipinski definition) is 1. The number of benzene rings is 2. The number of esters is 1. The number of carbonyl (C=O) groups excluding carboxylic acids is 2. The Labute approximate surface area is 152 Å². The summed E-state index contributed by atoms with van der Waals surface area (Å²) in [7, 11) is 0. The first-order valence-corrected chi connectivity index (χ1v) is 8.44. The van der Waals surface area contributed by atoms with Gasteiger partial charge in [0.15, 0.2) is 5.78 Å². The van der Waals surface area contributed by atoms with Crippen molar-refractivity contribution in [1.29, 1.82) is 0 Å². The van der Waals surface area contributed by atoms with Crippen molar-refractivity contribution >= 4 is 17.7 Å². The first-order valence-electron chi connectivity index (χ1n) is 8.44. The van der Waals surface area contributed by atoms with Gasteiger partial charge in [-0.05, 0) is 32.4 Å². The lowest BCUT2D eigenvalue weighted by atomic mass is 9.95. The highest BCUT2D eigenvalue weighted by atomic mass is 16.5. The van der Waals surface area contributed by atoms with Crippen molar-refractivity contribution in [3.63, 3.8) is 0 Å². The second-order valence-corrected chi connectivity index (χ2v) is 6.31. The Bertz CT molecular complexity index is 797. The lowest BCUT2D eigenvalue weighted by Crippen LogP contribution is -2.29. The Morgan fingerprint density at radius 3 is 2.12 bits per heavy atom. The van der Waals surface area contributed by atoms with Crippen LogP contribution in [-0.2, 0) is 14.3 Å². The summed E-state index contributed by atoms with van der Waals surface area (Å²) in [6.07, 6.45) is -0.739. The van der Waals surface area contributed by atoms with E-state index in [1.54, 1.807) is 62.4 Å². The first kappa shape index (κ1) is 19.4. The molecule has 0 aliphatic heterocycles. The average Bonchev–Trinajstić information content (AvgIpc) is 2.66. The van der Waals surface area contributed by atoms with Crippen molar-refractivity contribution < 1.29 is 24.2 Å². The highest BCUT2D eigenvalue weighted by Crippen LogP contribution is 2.21. The van der Waals surface area contributed by atoms with Crippen LogP contribution in [0, 0.1) is 5.92 Å². The minimum Gasteiger partial charge on any atom is -0.481 e. The smallest absolute Gasteiger partial charge is 0.313 e.